The second-order valence-electron chi connectivity index (χ2n) is 2.46. The van der Waals surface area contributed by atoms with Crippen LogP contribution in [0.1, 0.15) is 6.92 Å². The summed E-state index contributed by atoms with van der Waals surface area (Å²) in [4.78, 5) is 12.4. The lowest BCUT2D eigenvalue weighted by Crippen LogP contribution is -2.47. The quantitative estimate of drug-likeness (QED) is 0.561. The zero-order valence-corrected chi connectivity index (χ0v) is 6.86. The first-order valence-electron chi connectivity index (χ1n) is 3.35. The van der Waals surface area contributed by atoms with E-state index in [4.69, 9.17) is 5.73 Å². The van der Waals surface area contributed by atoms with Crippen LogP contribution in [0.2, 0.25) is 0 Å². The first-order valence-corrected chi connectivity index (χ1v) is 4.51. The number of thioether (sulfide) groups is 1. The van der Waals surface area contributed by atoms with Gasteiger partial charge in [-0.3, -0.25) is 0 Å². The van der Waals surface area contributed by atoms with E-state index in [0.717, 1.165) is 18.1 Å². The van der Waals surface area contributed by atoms with Crippen LogP contribution >= 0.6 is 11.8 Å². The molecule has 0 aromatic heterocycles. The lowest BCUT2D eigenvalue weighted by atomic mass is 10.3. The van der Waals surface area contributed by atoms with Gasteiger partial charge in [0.15, 0.2) is 0 Å². The fraction of sp³-hybridized carbons (Fsp3) is 0.833. The molecule has 0 saturated carbocycles. The smallest absolute Gasteiger partial charge is 0.315 e. The zero-order chi connectivity index (χ0) is 7.56. The average molecular weight is 160 g/mol. The molecule has 0 radical (unpaired) electrons. The zero-order valence-electron chi connectivity index (χ0n) is 6.04. The Morgan fingerprint density at radius 1 is 1.80 bits per heavy atom. The van der Waals surface area contributed by atoms with Gasteiger partial charge in [-0.1, -0.05) is 0 Å². The van der Waals surface area contributed by atoms with Gasteiger partial charge in [0.2, 0.25) is 0 Å². The van der Waals surface area contributed by atoms with E-state index in [-0.39, 0.29) is 6.03 Å². The summed E-state index contributed by atoms with van der Waals surface area (Å²) >= 11 is 1.87. The molecular weight excluding hydrogens is 148 g/mol. The van der Waals surface area contributed by atoms with Crippen LogP contribution in [0, 0.1) is 0 Å². The third-order valence-corrected chi connectivity index (χ3v) is 2.84. The molecule has 1 unspecified atom stereocenters. The molecule has 1 fully saturated rings. The van der Waals surface area contributed by atoms with Crippen LogP contribution in [0.15, 0.2) is 0 Å². The molecule has 1 aliphatic rings. The lowest BCUT2D eigenvalue weighted by molar-refractivity contribution is 0.196. The molecule has 10 heavy (non-hydrogen) atoms. The van der Waals surface area contributed by atoms with E-state index in [1.54, 1.807) is 4.90 Å². The molecule has 3 nitrogen and oxygen atoms in total. The molecule has 1 rings (SSSR count). The van der Waals surface area contributed by atoms with E-state index in [9.17, 15) is 4.79 Å². The Bertz CT molecular complexity index is 140. The maximum absolute atomic E-state index is 10.7. The number of nitrogens with zero attached hydrogens (tertiary/aromatic N) is 1. The van der Waals surface area contributed by atoms with E-state index in [1.807, 2.05) is 18.7 Å². The molecule has 58 valence electrons. The van der Waals surface area contributed by atoms with Crippen LogP contribution in [0.3, 0.4) is 0 Å². The number of hydrogen-bond acceptors (Lipinski definition) is 2. The van der Waals surface area contributed by atoms with Gasteiger partial charge in [0.05, 0.1) is 0 Å². The Kier molecular flexibility index (Phi) is 2.43. The van der Waals surface area contributed by atoms with Crippen LogP contribution in [0.5, 0.6) is 0 Å². The minimum Gasteiger partial charge on any atom is -0.351 e. The summed E-state index contributed by atoms with van der Waals surface area (Å²) in [5, 5.41) is 0. The summed E-state index contributed by atoms with van der Waals surface area (Å²) in [7, 11) is 0. The van der Waals surface area contributed by atoms with Crippen LogP contribution in [-0.2, 0) is 0 Å². The van der Waals surface area contributed by atoms with Crippen molar-refractivity contribution in [1.82, 2.24) is 4.90 Å². The van der Waals surface area contributed by atoms with Gasteiger partial charge < -0.3 is 10.6 Å². The SMILES string of the molecule is CC1CSCCN1C(N)=O. The van der Waals surface area contributed by atoms with E-state index in [0.29, 0.717) is 6.04 Å². The van der Waals surface area contributed by atoms with E-state index < -0.39 is 0 Å². The van der Waals surface area contributed by atoms with Gasteiger partial charge in [0.25, 0.3) is 0 Å². The Hall–Kier alpha value is -0.380. The van der Waals surface area contributed by atoms with Crippen molar-refractivity contribution in [3.63, 3.8) is 0 Å². The van der Waals surface area contributed by atoms with Crippen LogP contribution < -0.4 is 5.73 Å². The second-order valence-corrected chi connectivity index (χ2v) is 3.61. The van der Waals surface area contributed by atoms with Gasteiger partial charge in [-0.05, 0) is 6.92 Å². The molecule has 1 heterocycles. The van der Waals surface area contributed by atoms with Gasteiger partial charge in [0, 0.05) is 24.1 Å². The highest BCUT2D eigenvalue weighted by Crippen LogP contribution is 2.14. The fourth-order valence-corrected chi connectivity index (χ4v) is 2.07. The number of nitrogens with two attached hydrogens (primary N) is 1. The van der Waals surface area contributed by atoms with Gasteiger partial charge >= 0.3 is 6.03 Å². The van der Waals surface area contributed by atoms with Gasteiger partial charge in [0.1, 0.15) is 0 Å². The summed E-state index contributed by atoms with van der Waals surface area (Å²) in [6.45, 7) is 2.83. The molecule has 0 bridgehead atoms. The predicted molar refractivity (Wildman–Crippen MR) is 43.1 cm³/mol. The van der Waals surface area contributed by atoms with Gasteiger partial charge in [-0.25, -0.2) is 4.79 Å². The fourth-order valence-electron chi connectivity index (χ4n) is 1.05. The molecule has 4 heteroatoms. The minimum absolute atomic E-state index is 0.284. The standard InChI is InChI=1S/C6H12N2OS/c1-5-4-10-3-2-8(5)6(7)9/h5H,2-4H2,1H3,(H2,7,9). The van der Waals surface area contributed by atoms with Crippen molar-refractivity contribution in [2.75, 3.05) is 18.1 Å². The first-order chi connectivity index (χ1) is 4.72. The topological polar surface area (TPSA) is 46.3 Å². The number of carbonyl (C=O) groups excluding carboxylic acids is 1. The minimum atomic E-state index is -0.284. The van der Waals surface area contributed by atoms with Crippen molar-refractivity contribution in [3.05, 3.63) is 0 Å². The van der Waals surface area contributed by atoms with Crippen molar-refractivity contribution >= 4 is 17.8 Å². The summed E-state index contributed by atoms with van der Waals surface area (Å²) < 4.78 is 0. The van der Waals surface area contributed by atoms with Crippen LogP contribution in [-0.4, -0.2) is 35.0 Å². The maximum Gasteiger partial charge on any atom is 0.315 e. The summed E-state index contributed by atoms with van der Waals surface area (Å²) in [5.41, 5.74) is 5.14. The number of amides is 2. The highest BCUT2D eigenvalue weighted by molar-refractivity contribution is 7.99. The molecular formula is C6H12N2OS. The van der Waals surface area contributed by atoms with Crippen molar-refractivity contribution in [1.29, 1.82) is 0 Å². The number of primary amides is 1. The lowest BCUT2D eigenvalue weighted by Gasteiger charge is -2.31. The maximum atomic E-state index is 10.7. The first kappa shape index (κ1) is 7.72. The Morgan fingerprint density at radius 3 is 2.90 bits per heavy atom. The molecule has 0 aliphatic carbocycles. The Labute approximate surface area is 64.9 Å². The predicted octanol–water partition coefficient (Wildman–Crippen LogP) is 0.502. The molecule has 2 amide bonds. The Morgan fingerprint density at radius 2 is 2.50 bits per heavy atom. The monoisotopic (exact) mass is 160 g/mol. The molecule has 0 spiro atoms. The molecule has 1 saturated heterocycles. The number of rotatable bonds is 0. The third-order valence-electron chi connectivity index (χ3n) is 1.65. The van der Waals surface area contributed by atoms with Gasteiger partial charge in [-0.15, -0.1) is 0 Å². The summed E-state index contributed by atoms with van der Waals surface area (Å²) in [6, 6.07) is 0.0315. The van der Waals surface area contributed by atoms with Crippen LogP contribution in [0.25, 0.3) is 0 Å². The van der Waals surface area contributed by atoms with Crippen molar-refractivity contribution in [3.8, 4) is 0 Å². The highest BCUT2D eigenvalue weighted by Gasteiger charge is 2.20. The number of carbonyl (C=O) groups is 1. The molecule has 0 aromatic carbocycles. The normalized spacial score (nSPS) is 26.5. The molecule has 1 atom stereocenters. The Balaban J connectivity index is 2.47. The van der Waals surface area contributed by atoms with E-state index >= 15 is 0 Å². The highest BCUT2D eigenvalue weighted by atomic mass is 32.2. The molecule has 1 aliphatic heterocycles. The third kappa shape index (κ3) is 1.56. The summed E-state index contributed by atoms with van der Waals surface area (Å²) in [6.07, 6.45) is 0. The van der Waals surface area contributed by atoms with Crippen molar-refractivity contribution < 1.29 is 4.79 Å². The molecule has 0 aromatic rings. The largest absolute Gasteiger partial charge is 0.351 e. The summed E-state index contributed by atoms with van der Waals surface area (Å²) in [5.74, 6) is 2.04. The number of hydrogen-bond donors (Lipinski definition) is 1. The number of urea groups is 1. The van der Waals surface area contributed by atoms with Gasteiger partial charge in [-0.2, -0.15) is 11.8 Å². The van der Waals surface area contributed by atoms with E-state index in [1.165, 1.54) is 0 Å². The van der Waals surface area contributed by atoms with E-state index in [2.05, 4.69) is 0 Å². The second kappa shape index (κ2) is 3.14. The van der Waals surface area contributed by atoms with Crippen molar-refractivity contribution in [2.24, 2.45) is 5.73 Å². The van der Waals surface area contributed by atoms with Crippen molar-refractivity contribution in [2.45, 2.75) is 13.0 Å². The molecule has 2 N–H and O–H groups in total. The van der Waals surface area contributed by atoms with Crippen LogP contribution in [0.4, 0.5) is 4.79 Å². The average Bonchev–Trinajstić information content (AvgIpc) is 1.88.